The van der Waals surface area contributed by atoms with Crippen molar-refractivity contribution in [1.29, 1.82) is 0 Å². The molecule has 0 fully saturated rings. The molecule has 2 rings (SSSR count). The van der Waals surface area contributed by atoms with E-state index < -0.39 is 10.1 Å². The quantitative estimate of drug-likeness (QED) is 0.454. The van der Waals surface area contributed by atoms with Crippen molar-refractivity contribution in [1.82, 2.24) is 0 Å². The summed E-state index contributed by atoms with van der Waals surface area (Å²) in [6, 6.07) is 11.8. The van der Waals surface area contributed by atoms with Crippen molar-refractivity contribution in [2.24, 2.45) is 0 Å². The summed E-state index contributed by atoms with van der Waals surface area (Å²) in [6.45, 7) is 5.00. The van der Waals surface area contributed by atoms with Crippen LogP contribution in [0.2, 0.25) is 0 Å². The Balaban J connectivity index is 0.000000660. The average molecular weight is 272 g/mol. The second-order valence-corrected chi connectivity index (χ2v) is 4.70. The van der Waals surface area contributed by atoms with Crippen molar-refractivity contribution >= 4 is 20.9 Å². The molecule has 0 aliphatic rings. The van der Waals surface area contributed by atoms with Crippen LogP contribution >= 0.6 is 0 Å². The molecule has 0 saturated heterocycles. The molecule has 90 valence electrons. The third-order valence-corrected chi connectivity index (χ3v) is 2.94. The predicted molar refractivity (Wildman–Crippen MR) is 68.3 cm³/mol. The summed E-state index contributed by atoms with van der Waals surface area (Å²) in [6.07, 6.45) is 2.50. The monoisotopic (exact) mass is 272 g/mol. The second kappa shape index (κ2) is 7.71. The Hall–Kier alpha value is -0.650. The Labute approximate surface area is 130 Å². The molecule has 0 atom stereocenters. The van der Waals surface area contributed by atoms with E-state index in [2.05, 4.69) is 12.7 Å². The topological polar surface area (TPSA) is 54.4 Å². The summed E-state index contributed by atoms with van der Waals surface area (Å²) in [7, 11) is -4.13. The van der Waals surface area contributed by atoms with E-state index in [0.29, 0.717) is 5.39 Å². The fourth-order valence-corrected chi connectivity index (χ4v) is 2.13. The molecule has 0 heterocycles. The van der Waals surface area contributed by atoms with E-state index in [0.717, 1.165) is 5.39 Å². The Morgan fingerprint density at radius 2 is 1.61 bits per heavy atom. The van der Waals surface area contributed by atoms with E-state index in [1.165, 1.54) is 6.07 Å². The van der Waals surface area contributed by atoms with Gasteiger partial charge in [-0.1, -0.05) is 36.4 Å². The molecule has 3 nitrogen and oxygen atoms in total. The van der Waals surface area contributed by atoms with Crippen LogP contribution in [0.25, 0.3) is 10.8 Å². The molecule has 0 amide bonds. The maximum Gasteiger partial charge on any atom is 1.00 e. The molecule has 0 aromatic heterocycles. The summed E-state index contributed by atoms with van der Waals surface area (Å²) in [5.74, 6) is 0. The van der Waals surface area contributed by atoms with Crippen LogP contribution in [0.5, 0.6) is 0 Å². The van der Waals surface area contributed by atoms with E-state index in [4.69, 9.17) is 4.55 Å². The Morgan fingerprint density at radius 3 is 2.17 bits per heavy atom. The molecule has 1 N–H and O–H groups in total. The van der Waals surface area contributed by atoms with Crippen molar-refractivity contribution in [2.45, 2.75) is 11.8 Å². The predicted octanol–water partition coefficient (Wildman–Crippen LogP) is 0.0860. The summed E-state index contributed by atoms with van der Waals surface area (Å²) in [4.78, 5) is -0.0457. The summed E-state index contributed by atoms with van der Waals surface area (Å²) in [5, 5.41) is 1.33. The van der Waals surface area contributed by atoms with Crippen LogP contribution in [-0.4, -0.2) is 13.0 Å². The van der Waals surface area contributed by atoms with Crippen LogP contribution < -0.4 is 29.6 Å². The third kappa shape index (κ3) is 4.55. The largest absolute Gasteiger partial charge is 1.00 e. The standard InChI is InChI=1S/C10H8O3S.C3H5.Na/c11-14(12,13)10-7-3-5-8-4-1-2-6-9(8)10;1-3-2;/h1-7H,(H,11,12,13);1H2,2H3;/q;-1;+1. The van der Waals surface area contributed by atoms with Gasteiger partial charge < -0.3 is 6.08 Å². The Morgan fingerprint density at radius 1 is 1.11 bits per heavy atom. The van der Waals surface area contributed by atoms with Gasteiger partial charge in [-0.25, -0.2) is 0 Å². The van der Waals surface area contributed by atoms with Crippen LogP contribution in [0.15, 0.2) is 53.9 Å². The Kier molecular flexibility index (Phi) is 7.43. The zero-order valence-corrected chi connectivity index (χ0v) is 13.2. The van der Waals surface area contributed by atoms with E-state index >= 15 is 0 Å². The summed E-state index contributed by atoms with van der Waals surface area (Å²) < 4.78 is 31.0. The summed E-state index contributed by atoms with van der Waals surface area (Å²) >= 11 is 0. The van der Waals surface area contributed by atoms with Crippen molar-refractivity contribution in [2.75, 3.05) is 0 Å². The van der Waals surface area contributed by atoms with E-state index in [-0.39, 0.29) is 34.5 Å². The first kappa shape index (κ1) is 17.4. The van der Waals surface area contributed by atoms with Gasteiger partial charge in [0.2, 0.25) is 0 Å². The van der Waals surface area contributed by atoms with E-state index in [1.54, 1.807) is 37.3 Å². The van der Waals surface area contributed by atoms with E-state index in [9.17, 15) is 8.42 Å². The van der Waals surface area contributed by atoms with Crippen LogP contribution in [0.3, 0.4) is 0 Å². The van der Waals surface area contributed by atoms with Gasteiger partial charge in [0.15, 0.2) is 0 Å². The molecule has 0 spiro atoms. The van der Waals surface area contributed by atoms with Crippen molar-refractivity contribution < 1.29 is 42.5 Å². The smallest absolute Gasteiger partial charge is 0.507 e. The van der Waals surface area contributed by atoms with Gasteiger partial charge in [0, 0.05) is 5.39 Å². The molecule has 0 bridgehead atoms. The first-order valence-corrected chi connectivity index (χ1v) is 6.34. The number of allylic oxidation sites excluding steroid dienone is 1. The minimum absolute atomic E-state index is 0. The molecular weight excluding hydrogens is 259 g/mol. The number of hydrogen-bond donors (Lipinski definition) is 1. The molecule has 18 heavy (non-hydrogen) atoms. The molecule has 2 aromatic carbocycles. The molecule has 0 radical (unpaired) electrons. The molecule has 0 saturated carbocycles. The molecule has 0 aliphatic carbocycles. The van der Waals surface area contributed by atoms with Crippen molar-refractivity contribution in [3.8, 4) is 0 Å². The average Bonchev–Trinajstić information content (AvgIpc) is 2.28. The van der Waals surface area contributed by atoms with Crippen molar-refractivity contribution in [3.05, 3.63) is 55.1 Å². The maximum absolute atomic E-state index is 11.0. The van der Waals surface area contributed by atoms with Crippen LogP contribution in [0.4, 0.5) is 0 Å². The zero-order chi connectivity index (χ0) is 12.9. The van der Waals surface area contributed by atoms with Gasteiger partial charge in [0.05, 0.1) is 0 Å². The molecule has 2 aromatic rings. The normalized spacial score (nSPS) is 9.89. The molecule has 0 aliphatic heterocycles. The minimum Gasteiger partial charge on any atom is -0.507 e. The number of fused-ring (bicyclic) bond motifs is 1. The van der Waals surface area contributed by atoms with Gasteiger partial charge in [0.1, 0.15) is 4.90 Å². The fraction of sp³-hybridized carbons (Fsp3) is 0.0769. The first-order valence-electron chi connectivity index (χ1n) is 4.89. The second-order valence-electron chi connectivity index (χ2n) is 3.31. The Bertz CT molecular complexity index is 616. The molecule has 0 unspecified atom stereocenters. The van der Waals surface area contributed by atoms with Gasteiger partial charge in [-0.15, -0.1) is 0 Å². The van der Waals surface area contributed by atoms with Crippen LogP contribution in [0, 0.1) is 6.08 Å². The molecule has 5 heteroatoms. The van der Waals surface area contributed by atoms with Gasteiger partial charge in [-0.3, -0.25) is 11.1 Å². The maximum atomic E-state index is 11.0. The van der Waals surface area contributed by atoms with Crippen LogP contribution in [0.1, 0.15) is 6.92 Å². The number of benzene rings is 2. The van der Waals surface area contributed by atoms with Crippen LogP contribution in [-0.2, 0) is 10.1 Å². The summed E-state index contributed by atoms with van der Waals surface area (Å²) in [5.41, 5.74) is 0. The first-order chi connectivity index (χ1) is 8.00. The fourth-order valence-electron chi connectivity index (χ4n) is 1.42. The number of hydrogen-bond acceptors (Lipinski definition) is 2. The SMILES string of the molecule is C=[C-]C.O=S(=O)(O)c1cccc2ccccc12.[Na+]. The minimum atomic E-state index is -4.13. The van der Waals surface area contributed by atoms with Gasteiger partial charge >= 0.3 is 29.6 Å². The van der Waals surface area contributed by atoms with Crippen molar-refractivity contribution in [3.63, 3.8) is 0 Å². The van der Waals surface area contributed by atoms with Gasteiger partial charge in [-0.2, -0.15) is 15.3 Å². The molecular formula is C13H13NaO3S. The van der Waals surface area contributed by atoms with Gasteiger partial charge in [0.25, 0.3) is 10.1 Å². The number of rotatable bonds is 1. The third-order valence-electron chi connectivity index (χ3n) is 2.03. The zero-order valence-electron chi connectivity index (χ0n) is 10.4. The van der Waals surface area contributed by atoms with E-state index in [1.807, 2.05) is 6.07 Å². The van der Waals surface area contributed by atoms with Gasteiger partial charge in [-0.05, 0) is 11.5 Å².